The Bertz CT molecular complexity index is 1050. The minimum Gasteiger partial charge on any atom is -0.384 e. The molecule has 10 nitrogen and oxygen atoms in total. The summed E-state index contributed by atoms with van der Waals surface area (Å²) in [4.78, 5) is 47.8. The van der Waals surface area contributed by atoms with Crippen molar-refractivity contribution in [1.29, 1.82) is 0 Å². The number of nitro groups is 1. The van der Waals surface area contributed by atoms with Gasteiger partial charge < -0.3 is 11.1 Å². The molecular weight excluding hydrogens is 366 g/mol. The first-order chi connectivity index (χ1) is 13.0. The van der Waals surface area contributed by atoms with Crippen LogP contribution in [0.15, 0.2) is 27.8 Å². The SMILES string of the molecule is Cc1ccc([N+](=O)[O-])cc1NCC(=O)c1c(N)n(CC(C)C)c(=O)n(C)c1=O. The lowest BCUT2D eigenvalue weighted by Gasteiger charge is -2.16. The van der Waals surface area contributed by atoms with Crippen LogP contribution in [-0.2, 0) is 13.6 Å². The molecule has 0 amide bonds. The first-order valence-corrected chi connectivity index (χ1v) is 8.66. The molecule has 1 aromatic heterocycles. The molecule has 3 N–H and O–H groups in total. The van der Waals surface area contributed by atoms with Crippen LogP contribution in [0.4, 0.5) is 17.2 Å². The van der Waals surface area contributed by atoms with Crippen molar-refractivity contribution in [2.75, 3.05) is 17.6 Å². The zero-order valence-electron chi connectivity index (χ0n) is 16.2. The zero-order chi connectivity index (χ0) is 21.2. The molecule has 0 bridgehead atoms. The first kappa shape index (κ1) is 20.9. The van der Waals surface area contributed by atoms with E-state index in [4.69, 9.17) is 5.73 Å². The van der Waals surface area contributed by atoms with Crippen LogP contribution in [0, 0.1) is 23.0 Å². The second-order valence-electron chi connectivity index (χ2n) is 6.94. The number of nitrogens with zero attached hydrogens (tertiary/aromatic N) is 3. The van der Waals surface area contributed by atoms with Gasteiger partial charge in [-0.25, -0.2) is 4.79 Å². The number of rotatable bonds is 7. The first-order valence-electron chi connectivity index (χ1n) is 8.66. The van der Waals surface area contributed by atoms with Gasteiger partial charge in [-0.15, -0.1) is 0 Å². The summed E-state index contributed by atoms with van der Waals surface area (Å²) in [6, 6.07) is 4.22. The van der Waals surface area contributed by atoms with Crippen molar-refractivity contribution in [2.45, 2.75) is 27.3 Å². The molecule has 0 aliphatic heterocycles. The van der Waals surface area contributed by atoms with Crippen molar-refractivity contribution in [3.8, 4) is 0 Å². The number of carbonyl (C=O) groups is 1. The number of hydrogen-bond donors (Lipinski definition) is 2. The summed E-state index contributed by atoms with van der Waals surface area (Å²) in [6.45, 7) is 5.45. The van der Waals surface area contributed by atoms with E-state index in [2.05, 4.69) is 5.32 Å². The van der Waals surface area contributed by atoms with Gasteiger partial charge in [0.05, 0.1) is 11.5 Å². The van der Waals surface area contributed by atoms with Crippen LogP contribution in [0.5, 0.6) is 0 Å². The lowest BCUT2D eigenvalue weighted by molar-refractivity contribution is -0.384. The van der Waals surface area contributed by atoms with Crippen molar-refractivity contribution in [3.63, 3.8) is 0 Å². The second kappa shape index (κ2) is 8.07. The Kier molecular flexibility index (Phi) is 6.02. The molecule has 150 valence electrons. The van der Waals surface area contributed by atoms with Gasteiger partial charge in [0.2, 0.25) is 0 Å². The van der Waals surface area contributed by atoms with E-state index < -0.39 is 22.0 Å². The quantitative estimate of drug-likeness (QED) is 0.413. The molecule has 1 heterocycles. The van der Waals surface area contributed by atoms with Crippen LogP contribution >= 0.6 is 0 Å². The molecular formula is C18H23N5O5. The Balaban J connectivity index is 2.39. The van der Waals surface area contributed by atoms with Gasteiger partial charge in [0.1, 0.15) is 11.4 Å². The number of carbonyl (C=O) groups excluding carboxylic acids is 1. The number of non-ortho nitro benzene ring substituents is 1. The molecule has 10 heteroatoms. The van der Waals surface area contributed by atoms with Gasteiger partial charge in [-0.2, -0.15) is 0 Å². The average molecular weight is 389 g/mol. The van der Waals surface area contributed by atoms with Gasteiger partial charge in [0, 0.05) is 31.4 Å². The van der Waals surface area contributed by atoms with E-state index in [0.29, 0.717) is 11.3 Å². The molecule has 0 aliphatic rings. The molecule has 2 rings (SSSR count). The third-order valence-corrected chi connectivity index (χ3v) is 4.28. The summed E-state index contributed by atoms with van der Waals surface area (Å²) in [5.74, 6) is -0.711. The van der Waals surface area contributed by atoms with Crippen molar-refractivity contribution in [2.24, 2.45) is 13.0 Å². The second-order valence-corrected chi connectivity index (χ2v) is 6.94. The summed E-state index contributed by atoms with van der Waals surface area (Å²) in [5.41, 5.74) is 5.31. The van der Waals surface area contributed by atoms with Crippen LogP contribution in [0.3, 0.4) is 0 Å². The number of aromatic nitrogens is 2. The topological polar surface area (TPSA) is 142 Å². The maximum atomic E-state index is 12.7. The third kappa shape index (κ3) is 4.11. The monoisotopic (exact) mass is 389 g/mol. The molecule has 0 spiro atoms. The molecule has 0 fully saturated rings. The Morgan fingerprint density at radius 2 is 1.96 bits per heavy atom. The predicted octanol–water partition coefficient (Wildman–Crippen LogP) is 1.30. The van der Waals surface area contributed by atoms with E-state index in [0.717, 1.165) is 4.57 Å². The molecule has 1 aromatic carbocycles. The van der Waals surface area contributed by atoms with E-state index in [9.17, 15) is 24.5 Å². The molecule has 0 atom stereocenters. The molecule has 28 heavy (non-hydrogen) atoms. The fourth-order valence-corrected chi connectivity index (χ4v) is 2.76. The van der Waals surface area contributed by atoms with Gasteiger partial charge >= 0.3 is 5.69 Å². The molecule has 0 unspecified atom stereocenters. The van der Waals surface area contributed by atoms with Gasteiger partial charge in [0.15, 0.2) is 5.78 Å². The number of nitrogens with two attached hydrogens (primary N) is 1. The third-order valence-electron chi connectivity index (χ3n) is 4.28. The van der Waals surface area contributed by atoms with Crippen molar-refractivity contribution in [1.82, 2.24) is 9.13 Å². The number of benzene rings is 1. The van der Waals surface area contributed by atoms with E-state index in [1.165, 1.54) is 23.7 Å². The molecule has 0 saturated carbocycles. The molecule has 2 aromatic rings. The number of anilines is 2. The number of Topliss-reactive ketones (excluding diaryl/α,β-unsaturated/α-hetero) is 1. The van der Waals surface area contributed by atoms with Gasteiger partial charge in [-0.05, 0) is 18.4 Å². The average Bonchev–Trinajstić information content (AvgIpc) is 2.62. The van der Waals surface area contributed by atoms with E-state index >= 15 is 0 Å². The fourth-order valence-electron chi connectivity index (χ4n) is 2.76. The summed E-state index contributed by atoms with van der Waals surface area (Å²) < 4.78 is 2.06. The zero-order valence-corrected chi connectivity index (χ0v) is 16.2. The van der Waals surface area contributed by atoms with Crippen molar-refractivity contribution < 1.29 is 9.72 Å². The Labute approximate surface area is 160 Å². The summed E-state index contributed by atoms with van der Waals surface area (Å²) in [5, 5.41) is 13.7. The molecule has 0 radical (unpaired) electrons. The minimum absolute atomic E-state index is 0.0751. The van der Waals surface area contributed by atoms with Crippen molar-refractivity contribution in [3.05, 3.63) is 60.3 Å². The number of nitrogens with one attached hydrogen (secondary N) is 1. The highest BCUT2D eigenvalue weighted by atomic mass is 16.6. The Hall–Kier alpha value is -3.43. The summed E-state index contributed by atoms with van der Waals surface area (Å²) in [7, 11) is 1.29. The van der Waals surface area contributed by atoms with Gasteiger partial charge in [-0.1, -0.05) is 19.9 Å². The summed E-state index contributed by atoms with van der Waals surface area (Å²) >= 11 is 0. The van der Waals surface area contributed by atoms with E-state index in [1.807, 2.05) is 13.8 Å². The number of nitrogen functional groups attached to an aromatic ring is 1. The number of ketones is 1. The molecule has 0 saturated heterocycles. The number of nitro benzene ring substituents is 1. The minimum atomic E-state index is -0.773. The summed E-state index contributed by atoms with van der Waals surface area (Å²) in [6.07, 6.45) is 0. The lowest BCUT2D eigenvalue weighted by atomic mass is 10.1. The smallest absolute Gasteiger partial charge is 0.332 e. The van der Waals surface area contributed by atoms with Crippen LogP contribution in [0.1, 0.15) is 29.8 Å². The van der Waals surface area contributed by atoms with Crippen LogP contribution in [-0.4, -0.2) is 26.4 Å². The normalized spacial score (nSPS) is 10.9. The number of hydrogen-bond acceptors (Lipinski definition) is 7. The largest absolute Gasteiger partial charge is 0.384 e. The van der Waals surface area contributed by atoms with Crippen LogP contribution in [0.25, 0.3) is 0 Å². The maximum Gasteiger partial charge on any atom is 0.332 e. The highest BCUT2D eigenvalue weighted by Crippen LogP contribution is 2.22. The number of aryl methyl sites for hydroxylation is 1. The van der Waals surface area contributed by atoms with E-state index in [1.54, 1.807) is 13.0 Å². The van der Waals surface area contributed by atoms with Gasteiger partial charge in [-0.3, -0.25) is 28.8 Å². The highest BCUT2D eigenvalue weighted by molar-refractivity contribution is 6.02. The maximum absolute atomic E-state index is 12.7. The predicted molar refractivity (Wildman–Crippen MR) is 106 cm³/mol. The fraction of sp³-hybridized carbons (Fsp3) is 0.389. The van der Waals surface area contributed by atoms with E-state index in [-0.39, 0.29) is 36.1 Å². The van der Waals surface area contributed by atoms with Crippen LogP contribution < -0.4 is 22.3 Å². The Morgan fingerprint density at radius 3 is 2.54 bits per heavy atom. The van der Waals surface area contributed by atoms with Crippen LogP contribution in [0.2, 0.25) is 0 Å². The molecule has 0 aliphatic carbocycles. The Morgan fingerprint density at radius 1 is 1.32 bits per heavy atom. The van der Waals surface area contributed by atoms with Gasteiger partial charge in [0.25, 0.3) is 11.2 Å². The lowest BCUT2D eigenvalue weighted by Crippen LogP contribution is -2.43. The standard InChI is InChI=1S/C18H23N5O5/c1-10(2)9-22-16(19)15(17(25)21(4)18(22)26)14(24)8-20-13-7-12(23(27)28)6-5-11(13)3/h5-7,10,20H,8-9,19H2,1-4H3. The van der Waals surface area contributed by atoms with Crippen molar-refractivity contribution >= 4 is 23.0 Å². The highest BCUT2D eigenvalue weighted by Gasteiger charge is 2.22.